The molecule has 8 heteroatoms. The van der Waals surface area contributed by atoms with Gasteiger partial charge < -0.3 is 10.5 Å². The zero-order valence-electron chi connectivity index (χ0n) is 13.8. The molecule has 0 saturated heterocycles. The van der Waals surface area contributed by atoms with E-state index >= 15 is 0 Å². The summed E-state index contributed by atoms with van der Waals surface area (Å²) in [7, 11) is 1.61. The van der Waals surface area contributed by atoms with Crippen molar-refractivity contribution in [2.45, 2.75) is 0 Å². The van der Waals surface area contributed by atoms with Crippen molar-refractivity contribution in [1.29, 1.82) is 0 Å². The summed E-state index contributed by atoms with van der Waals surface area (Å²) in [6, 6.07) is 15.0. The number of benzene rings is 2. The minimum absolute atomic E-state index is 0.422. The second-order valence-electron chi connectivity index (χ2n) is 5.48. The number of halogens is 1. The van der Waals surface area contributed by atoms with E-state index in [1.165, 1.54) is 11.3 Å². The van der Waals surface area contributed by atoms with Gasteiger partial charge in [-0.1, -0.05) is 35.0 Å². The Morgan fingerprint density at radius 3 is 2.81 bits per heavy atom. The second-order valence-corrected chi connectivity index (χ2v) is 6.78. The Hall–Kier alpha value is -2.90. The lowest BCUT2D eigenvalue weighted by molar-refractivity contribution is 0.414. The number of nitrogen functional groups attached to an aromatic ring is 1. The number of rotatable bonds is 4. The van der Waals surface area contributed by atoms with Crippen LogP contribution in [-0.4, -0.2) is 27.1 Å². The lowest BCUT2D eigenvalue weighted by atomic mass is 10.2. The van der Waals surface area contributed by atoms with Crippen molar-refractivity contribution in [2.24, 2.45) is 0 Å². The zero-order valence-corrected chi connectivity index (χ0v) is 15.3. The summed E-state index contributed by atoms with van der Waals surface area (Å²) in [5.74, 6) is 1.14. The average Bonchev–Trinajstić information content (AvgIpc) is 3.28. The van der Waals surface area contributed by atoms with Crippen molar-refractivity contribution in [1.82, 2.24) is 20.0 Å². The molecule has 6 nitrogen and oxygen atoms in total. The molecular weight excluding hydrogens is 370 g/mol. The molecule has 26 heavy (non-hydrogen) atoms. The van der Waals surface area contributed by atoms with Gasteiger partial charge in [0, 0.05) is 22.0 Å². The molecule has 0 spiro atoms. The number of nitrogens with two attached hydrogens (primary N) is 1. The van der Waals surface area contributed by atoms with Gasteiger partial charge >= 0.3 is 0 Å². The third-order valence-corrected chi connectivity index (χ3v) is 4.91. The Kier molecular flexibility index (Phi) is 4.32. The SMILES string of the molecule is COc1cccc(-n2nnc(-c3nc(-c4cccc(Cl)c4)cs3)c2N)c1. The van der Waals surface area contributed by atoms with Gasteiger partial charge in [0.05, 0.1) is 18.5 Å². The third-order valence-electron chi connectivity index (χ3n) is 3.83. The molecule has 4 rings (SSSR count). The summed E-state index contributed by atoms with van der Waals surface area (Å²) in [4.78, 5) is 4.63. The van der Waals surface area contributed by atoms with Crippen LogP contribution in [0.4, 0.5) is 5.82 Å². The number of hydrogen-bond donors (Lipinski definition) is 1. The second kappa shape index (κ2) is 6.78. The first kappa shape index (κ1) is 16.6. The molecule has 2 aromatic heterocycles. The van der Waals surface area contributed by atoms with Crippen LogP contribution in [0.15, 0.2) is 53.9 Å². The predicted molar refractivity (Wildman–Crippen MR) is 104 cm³/mol. The molecule has 4 aromatic rings. The summed E-state index contributed by atoms with van der Waals surface area (Å²) in [5, 5.41) is 11.7. The highest BCUT2D eigenvalue weighted by atomic mass is 35.5. The van der Waals surface area contributed by atoms with Gasteiger partial charge in [0.15, 0.2) is 11.5 Å². The smallest absolute Gasteiger partial charge is 0.165 e. The van der Waals surface area contributed by atoms with Crippen LogP contribution in [-0.2, 0) is 0 Å². The van der Waals surface area contributed by atoms with Crippen molar-refractivity contribution in [2.75, 3.05) is 12.8 Å². The van der Waals surface area contributed by atoms with Crippen LogP contribution in [0.25, 0.3) is 27.6 Å². The topological polar surface area (TPSA) is 78.8 Å². The monoisotopic (exact) mass is 383 g/mol. The lowest BCUT2D eigenvalue weighted by Gasteiger charge is -2.05. The number of methoxy groups -OCH3 is 1. The molecule has 2 aromatic carbocycles. The molecule has 0 bridgehead atoms. The molecule has 0 aliphatic heterocycles. The van der Waals surface area contributed by atoms with E-state index in [0.717, 1.165) is 22.7 Å². The van der Waals surface area contributed by atoms with Crippen molar-refractivity contribution < 1.29 is 4.74 Å². The van der Waals surface area contributed by atoms with Crippen LogP contribution in [0.2, 0.25) is 5.02 Å². The quantitative estimate of drug-likeness (QED) is 0.568. The first-order valence-corrected chi connectivity index (χ1v) is 8.99. The summed E-state index contributed by atoms with van der Waals surface area (Å²) in [5.41, 5.74) is 9.36. The van der Waals surface area contributed by atoms with Crippen LogP contribution in [0.1, 0.15) is 0 Å². The fourth-order valence-corrected chi connectivity index (χ4v) is 3.55. The molecule has 0 atom stereocenters. The summed E-state index contributed by atoms with van der Waals surface area (Å²) < 4.78 is 6.81. The predicted octanol–water partition coefficient (Wildman–Crippen LogP) is 4.30. The Labute approximate surface area is 158 Å². The maximum absolute atomic E-state index is 6.27. The van der Waals surface area contributed by atoms with Crippen molar-refractivity contribution >= 4 is 28.8 Å². The molecule has 0 aliphatic rings. The van der Waals surface area contributed by atoms with E-state index in [9.17, 15) is 0 Å². The van der Waals surface area contributed by atoms with Gasteiger partial charge in [0.2, 0.25) is 0 Å². The number of anilines is 1. The third kappa shape index (κ3) is 3.02. The molecule has 2 heterocycles. The normalized spacial score (nSPS) is 10.8. The Morgan fingerprint density at radius 2 is 2.00 bits per heavy atom. The molecular formula is C18H14ClN5OS. The van der Waals surface area contributed by atoms with E-state index in [2.05, 4.69) is 15.3 Å². The maximum Gasteiger partial charge on any atom is 0.165 e. The molecule has 0 unspecified atom stereocenters. The highest BCUT2D eigenvalue weighted by Crippen LogP contribution is 2.32. The van der Waals surface area contributed by atoms with Crippen LogP contribution in [0.3, 0.4) is 0 Å². The Morgan fingerprint density at radius 1 is 1.15 bits per heavy atom. The zero-order chi connectivity index (χ0) is 18.1. The first-order chi connectivity index (χ1) is 12.7. The Balaban J connectivity index is 1.71. The molecule has 0 saturated carbocycles. The number of nitrogens with zero attached hydrogens (tertiary/aromatic N) is 4. The average molecular weight is 384 g/mol. The maximum atomic E-state index is 6.27. The van der Waals surface area contributed by atoms with Gasteiger partial charge in [-0.2, -0.15) is 4.68 Å². The number of hydrogen-bond acceptors (Lipinski definition) is 6. The van der Waals surface area contributed by atoms with Gasteiger partial charge in [-0.3, -0.25) is 0 Å². The van der Waals surface area contributed by atoms with E-state index in [1.807, 2.05) is 53.9 Å². The largest absolute Gasteiger partial charge is 0.497 e. The van der Waals surface area contributed by atoms with Crippen LogP contribution < -0.4 is 10.5 Å². The van der Waals surface area contributed by atoms with E-state index in [1.54, 1.807) is 11.8 Å². The fraction of sp³-hybridized carbons (Fsp3) is 0.0556. The number of aromatic nitrogens is 4. The fourth-order valence-electron chi connectivity index (χ4n) is 2.54. The van der Waals surface area contributed by atoms with E-state index in [-0.39, 0.29) is 0 Å². The van der Waals surface area contributed by atoms with Crippen LogP contribution in [0.5, 0.6) is 5.75 Å². The van der Waals surface area contributed by atoms with Crippen LogP contribution in [0, 0.1) is 0 Å². The number of ether oxygens (including phenoxy) is 1. The molecule has 0 radical (unpaired) electrons. The van der Waals surface area contributed by atoms with Gasteiger partial charge in [-0.15, -0.1) is 16.4 Å². The molecule has 0 aliphatic carbocycles. The van der Waals surface area contributed by atoms with Crippen molar-refractivity contribution in [3.63, 3.8) is 0 Å². The summed E-state index contributed by atoms with van der Waals surface area (Å²) in [6.45, 7) is 0. The lowest BCUT2D eigenvalue weighted by Crippen LogP contribution is -2.02. The molecule has 130 valence electrons. The Bertz CT molecular complexity index is 1070. The number of thiazole rings is 1. The van der Waals surface area contributed by atoms with Gasteiger partial charge in [-0.25, -0.2) is 4.98 Å². The van der Waals surface area contributed by atoms with E-state index in [4.69, 9.17) is 22.1 Å². The summed E-state index contributed by atoms with van der Waals surface area (Å²) in [6.07, 6.45) is 0. The van der Waals surface area contributed by atoms with Gasteiger partial charge in [0.1, 0.15) is 10.8 Å². The summed E-state index contributed by atoms with van der Waals surface area (Å²) >= 11 is 7.52. The molecule has 0 amide bonds. The highest BCUT2D eigenvalue weighted by Gasteiger charge is 2.17. The molecule has 2 N–H and O–H groups in total. The highest BCUT2D eigenvalue weighted by molar-refractivity contribution is 7.13. The standard InChI is InChI=1S/C18H14ClN5OS/c1-25-14-7-3-6-13(9-14)24-17(20)16(22-23-24)18-21-15(10-26-18)11-4-2-5-12(19)8-11/h2-10H,20H2,1H3. The van der Waals surface area contributed by atoms with E-state index in [0.29, 0.717) is 21.5 Å². The minimum atomic E-state index is 0.422. The molecule has 0 fully saturated rings. The van der Waals surface area contributed by atoms with E-state index < -0.39 is 0 Å². The minimum Gasteiger partial charge on any atom is -0.497 e. The van der Waals surface area contributed by atoms with Crippen molar-refractivity contribution in [3.05, 3.63) is 58.9 Å². The van der Waals surface area contributed by atoms with Gasteiger partial charge in [-0.05, 0) is 24.3 Å². The van der Waals surface area contributed by atoms with Crippen molar-refractivity contribution in [3.8, 4) is 33.4 Å². The first-order valence-electron chi connectivity index (χ1n) is 7.73. The van der Waals surface area contributed by atoms with Crippen LogP contribution >= 0.6 is 22.9 Å². The van der Waals surface area contributed by atoms with Gasteiger partial charge in [0.25, 0.3) is 0 Å².